The Labute approximate surface area is 167 Å². The first kappa shape index (κ1) is 18.6. The molecule has 0 fully saturated rings. The number of hydrogen-bond donors (Lipinski definition) is 1. The van der Waals surface area contributed by atoms with Gasteiger partial charge in [-0.1, -0.05) is 60.7 Å². The van der Waals surface area contributed by atoms with Gasteiger partial charge in [-0.25, -0.2) is 4.98 Å². The summed E-state index contributed by atoms with van der Waals surface area (Å²) in [5, 5.41) is 20.7. The van der Waals surface area contributed by atoms with Crippen LogP contribution >= 0.6 is 0 Å². The van der Waals surface area contributed by atoms with E-state index >= 15 is 0 Å². The third-order valence-electron chi connectivity index (χ3n) is 4.72. The summed E-state index contributed by atoms with van der Waals surface area (Å²) in [5.41, 5.74) is 4.44. The second-order valence-electron chi connectivity index (χ2n) is 6.54. The van der Waals surface area contributed by atoms with Gasteiger partial charge in [0.05, 0.1) is 22.9 Å². The number of rotatable bonds is 6. The van der Waals surface area contributed by atoms with Gasteiger partial charge in [-0.3, -0.25) is 10.1 Å². The van der Waals surface area contributed by atoms with E-state index in [1.165, 1.54) is 12.1 Å². The summed E-state index contributed by atoms with van der Waals surface area (Å²) in [4.78, 5) is 15.5. The summed E-state index contributed by atoms with van der Waals surface area (Å²) in [6, 6.07) is 26.1. The SMILES string of the molecule is O=[N+]([O-])c1ccc(-c2nc(-c3ccccc3)c(-c3ccccc3)n2CCO)cc1. The fourth-order valence-electron chi connectivity index (χ4n) is 3.41. The van der Waals surface area contributed by atoms with Gasteiger partial charge in [-0.15, -0.1) is 0 Å². The predicted molar refractivity (Wildman–Crippen MR) is 112 cm³/mol. The molecule has 29 heavy (non-hydrogen) atoms. The average Bonchev–Trinajstić information content (AvgIpc) is 3.14. The van der Waals surface area contributed by atoms with E-state index in [4.69, 9.17) is 4.98 Å². The lowest BCUT2D eigenvalue weighted by molar-refractivity contribution is -0.384. The quantitative estimate of drug-likeness (QED) is 0.382. The van der Waals surface area contributed by atoms with Gasteiger partial charge < -0.3 is 9.67 Å². The number of nitro groups is 1. The summed E-state index contributed by atoms with van der Waals surface area (Å²) >= 11 is 0. The fraction of sp³-hybridized carbons (Fsp3) is 0.0870. The molecule has 1 heterocycles. The van der Waals surface area contributed by atoms with Gasteiger partial charge in [-0.2, -0.15) is 0 Å². The predicted octanol–water partition coefficient (Wildman–Crippen LogP) is 4.78. The normalized spacial score (nSPS) is 10.8. The van der Waals surface area contributed by atoms with E-state index in [1.807, 2.05) is 65.2 Å². The number of nitro benzene ring substituents is 1. The van der Waals surface area contributed by atoms with Crippen LogP contribution in [0.25, 0.3) is 33.9 Å². The van der Waals surface area contributed by atoms with Crippen molar-refractivity contribution in [3.05, 3.63) is 95.0 Å². The van der Waals surface area contributed by atoms with Crippen LogP contribution in [0, 0.1) is 10.1 Å². The van der Waals surface area contributed by atoms with Crippen molar-refractivity contribution in [1.82, 2.24) is 9.55 Å². The van der Waals surface area contributed by atoms with Gasteiger partial charge in [0, 0.05) is 35.4 Å². The van der Waals surface area contributed by atoms with E-state index in [2.05, 4.69) is 0 Å². The lowest BCUT2D eigenvalue weighted by atomic mass is 10.0. The van der Waals surface area contributed by atoms with Crippen molar-refractivity contribution < 1.29 is 10.0 Å². The van der Waals surface area contributed by atoms with E-state index in [1.54, 1.807) is 12.1 Å². The molecule has 0 saturated carbocycles. The molecular weight excluding hydrogens is 366 g/mol. The standard InChI is InChI=1S/C23H19N3O3/c27-16-15-25-22(18-9-5-2-6-10-18)21(17-7-3-1-4-8-17)24-23(25)19-11-13-20(14-12-19)26(28)29/h1-14,27H,15-16H2. The van der Waals surface area contributed by atoms with Crippen LogP contribution in [0.15, 0.2) is 84.9 Å². The molecule has 6 nitrogen and oxygen atoms in total. The maximum atomic E-state index is 11.0. The highest BCUT2D eigenvalue weighted by molar-refractivity contribution is 5.82. The summed E-state index contributed by atoms with van der Waals surface area (Å²) in [7, 11) is 0. The Morgan fingerprint density at radius 2 is 1.41 bits per heavy atom. The van der Waals surface area contributed by atoms with E-state index in [0.29, 0.717) is 12.4 Å². The Hall–Kier alpha value is -3.77. The lowest BCUT2D eigenvalue weighted by Crippen LogP contribution is -2.06. The number of aliphatic hydroxyl groups excluding tert-OH is 1. The van der Waals surface area contributed by atoms with Crippen molar-refractivity contribution >= 4 is 5.69 Å². The van der Waals surface area contributed by atoms with Gasteiger partial charge in [-0.05, 0) is 12.1 Å². The second kappa shape index (κ2) is 8.08. The van der Waals surface area contributed by atoms with Crippen LogP contribution in [-0.4, -0.2) is 26.2 Å². The number of aromatic nitrogens is 2. The van der Waals surface area contributed by atoms with Crippen LogP contribution in [0.2, 0.25) is 0 Å². The lowest BCUT2D eigenvalue weighted by Gasteiger charge is -2.12. The monoisotopic (exact) mass is 385 g/mol. The number of aliphatic hydroxyl groups is 1. The zero-order valence-corrected chi connectivity index (χ0v) is 15.6. The van der Waals surface area contributed by atoms with Crippen molar-refractivity contribution in [3.8, 4) is 33.9 Å². The summed E-state index contributed by atoms with van der Waals surface area (Å²) < 4.78 is 1.97. The molecule has 0 saturated heterocycles. The molecule has 0 aliphatic rings. The highest BCUT2D eigenvalue weighted by Crippen LogP contribution is 2.36. The Morgan fingerprint density at radius 1 is 0.828 bits per heavy atom. The number of non-ortho nitro benzene ring substituents is 1. The van der Waals surface area contributed by atoms with Crippen LogP contribution in [0.3, 0.4) is 0 Å². The third kappa shape index (κ3) is 3.66. The smallest absolute Gasteiger partial charge is 0.269 e. The Bertz CT molecular complexity index is 1120. The molecule has 1 N–H and O–H groups in total. The summed E-state index contributed by atoms with van der Waals surface area (Å²) in [6.45, 7) is 0.306. The zero-order chi connectivity index (χ0) is 20.2. The van der Waals surface area contributed by atoms with E-state index in [0.717, 1.165) is 28.1 Å². The summed E-state index contributed by atoms with van der Waals surface area (Å²) in [6.07, 6.45) is 0. The fourth-order valence-corrected chi connectivity index (χ4v) is 3.41. The van der Waals surface area contributed by atoms with Crippen LogP contribution in [-0.2, 0) is 6.54 Å². The molecule has 0 aliphatic heterocycles. The molecule has 0 atom stereocenters. The van der Waals surface area contributed by atoms with E-state index < -0.39 is 4.92 Å². The number of benzene rings is 3. The van der Waals surface area contributed by atoms with Gasteiger partial charge in [0.1, 0.15) is 5.82 Å². The molecule has 0 amide bonds. The third-order valence-corrected chi connectivity index (χ3v) is 4.72. The van der Waals surface area contributed by atoms with Crippen molar-refractivity contribution in [2.45, 2.75) is 6.54 Å². The minimum absolute atomic E-state index is 0.0283. The van der Waals surface area contributed by atoms with Gasteiger partial charge >= 0.3 is 0 Å². The molecule has 0 spiro atoms. The number of imidazole rings is 1. The minimum atomic E-state index is -0.422. The zero-order valence-electron chi connectivity index (χ0n) is 15.6. The highest BCUT2D eigenvalue weighted by Gasteiger charge is 2.21. The van der Waals surface area contributed by atoms with Crippen molar-refractivity contribution in [2.75, 3.05) is 6.61 Å². The molecule has 144 valence electrons. The average molecular weight is 385 g/mol. The first-order valence-electron chi connectivity index (χ1n) is 9.26. The van der Waals surface area contributed by atoms with Gasteiger partial charge in [0.2, 0.25) is 0 Å². The van der Waals surface area contributed by atoms with Gasteiger partial charge in [0.15, 0.2) is 0 Å². The summed E-state index contributed by atoms with van der Waals surface area (Å²) in [5.74, 6) is 0.659. The maximum absolute atomic E-state index is 11.0. The molecule has 4 rings (SSSR count). The Kier molecular flexibility index (Phi) is 5.18. The molecule has 3 aromatic carbocycles. The number of hydrogen-bond acceptors (Lipinski definition) is 4. The second-order valence-corrected chi connectivity index (χ2v) is 6.54. The molecule has 4 aromatic rings. The van der Waals surface area contributed by atoms with E-state index in [-0.39, 0.29) is 12.3 Å². The molecule has 0 radical (unpaired) electrons. The van der Waals surface area contributed by atoms with Crippen molar-refractivity contribution in [3.63, 3.8) is 0 Å². The first-order chi connectivity index (χ1) is 14.2. The molecule has 0 bridgehead atoms. The van der Waals surface area contributed by atoms with Crippen LogP contribution in [0.5, 0.6) is 0 Å². The van der Waals surface area contributed by atoms with E-state index in [9.17, 15) is 15.2 Å². The molecule has 0 unspecified atom stereocenters. The number of nitrogens with zero attached hydrogens (tertiary/aromatic N) is 3. The largest absolute Gasteiger partial charge is 0.395 e. The van der Waals surface area contributed by atoms with Crippen LogP contribution < -0.4 is 0 Å². The highest BCUT2D eigenvalue weighted by atomic mass is 16.6. The molecular formula is C23H19N3O3. The van der Waals surface area contributed by atoms with Crippen LogP contribution in [0.1, 0.15) is 0 Å². The van der Waals surface area contributed by atoms with Gasteiger partial charge in [0.25, 0.3) is 5.69 Å². The first-order valence-corrected chi connectivity index (χ1v) is 9.26. The maximum Gasteiger partial charge on any atom is 0.269 e. The molecule has 0 aliphatic carbocycles. The minimum Gasteiger partial charge on any atom is -0.395 e. The van der Waals surface area contributed by atoms with Crippen molar-refractivity contribution in [2.24, 2.45) is 0 Å². The topological polar surface area (TPSA) is 81.2 Å². The molecule has 1 aromatic heterocycles. The molecule has 6 heteroatoms. The Morgan fingerprint density at radius 3 is 1.97 bits per heavy atom. The van der Waals surface area contributed by atoms with Crippen molar-refractivity contribution in [1.29, 1.82) is 0 Å². The van der Waals surface area contributed by atoms with Crippen LogP contribution in [0.4, 0.5) is 5.69 Å². The Balaban J connectivity index is 1.96.